The molecular formula is C13H17N3. The van der Waals surface area contributed by atoms with E-state index in [1.54, 1.807) is 0 Å². The number of nitrogens with two attached hydrogens (primary N) is 1. The Morgan fingerprint density at radius 2 is 2.06 bits per heavy atom. The van der Waals surface area contributed by atoms with Crippen molar-refractivity contribution in [3.8, 4) is 0 Å². The van der Waals surface area contributed by atoms with E-state index in [4.69, 9.17) is 5.73 Å². The summed E-state index contributed by atoms with van der Waals surface area (Å²) in [5.41, 5.74) is 9.98. The molecule has 0 fully saturated rings. The van der Waals surface area contributed by atoms with E-state index in [-0.39, 0.29) is 0 Å². The lowest BCUT2D eigenvalue weighted by atomic mass is 10.1. The Kier molecular flexibility index (Phi) is 2.79. The smallest absolute Gasteiger partial charge is 0.0939 e. The second-order valence-electron chi connectivity index (χ2n) is 4.20. The molecule has 0 aliphatic rings. The fourth-order valence-electron chi connectivity index (χ4n) is 1.89. The molecule has 16 heavy (non-hydrogen) atoms. The quantitative estimate of drug-likeness (QED) is 0.834. The Balaban J connectivity index is 2.76. The number of para-hydroxylation sites is 1. The van der Waals surface area contributed by atoms with Gasteiger partial charge in [-0.1, -0.05) is 12.1 Å². The number of hydrogen-bond acceptors (Lipinski definition) is 3. The van der Waals surface area contributed by atoms with Crippen LogP contribution in [-0.4, -0.2) is 19.1 Å². The highest BCUT2D eigenvalue weighted by molar-refractivity contribution is 5.91. The molecule has 3 nitrogen and oxygen atoms in total. The molecule has 0 atom stereocenters. The monoisotopic (exact) mass is 215 g/mol. The number of anilines is 1. The van der Waals surface area contributed by atoms with Gasteiger partial charge in [0.05, 0.1) is 16.9 Å². The van der Waals surface area contributed by atoms with Gasteiger partial charge in [0, 0.05) is 26.0 Å². The summed E-state index contributed by atoms with van der Waals surface area (Å²) >= 11 is 0. The predicted molar refractivity (Wildman–Crippen MR) is 68.7 cm³/mol. The van der Waals surface area contributed by atoms with Crippen molar-refractivity contribution in [1.82, 2.24) is 4.98 Å². The Bertz CT molecular complexity index is 518. The first-order valence-corrected chi connectivity index (χ1v) is 5.40. The number of hydrogen-bond donors (Lipinski definition) is 1. The van der Waals surface area contributed by atoms with Gasteiger partial charge in [0.15, 0.2) is 0 Å². The Labute approximate surface area is 95.9 Å². The maximum absolute atomic E-state index is 5.69. The molecule has 2 rings (SSSR count). The first-order valence-electron chi connectivity index (χ1n) is 5.40. The van der Waals surface area contributed by atoms with Crippen molar-refractivity contribution in [3.05, 3.63) is 35.5 Å². The average molecular weight is 215 g/mol. The number of fused-ring (bicyclic) bond motifs is 1. The van der Waals surface area contributed by atoms with Crippen LogP contribution in [-0.2, 0) is 6.54 Å². The molecule has 3 heteroatoms. The van der Waals surface area contributed by atoms with Gasteiger partial charge in [0.1, 0.15) is 0 Å². The third-order valence-corrected chi connectivity index (χ3v) is 2.80. The van der Waals surface area contributed by atoms with E-state index in [0.29, 0.717) is 6.54 Å². The predicted octanol–water partition coefficient (Wildman–Crippen LogP) is 2.07. The zero-order valence-corrected chi connectivity index (χ0v) is 9.99. The van der Waals surface area contributed by atoms with Gasteiger partial charge in [-0.25, -0.2) is 4.98 Å². The number of aromatic nitrogens is 1. The fraction of sp³-hybridized carbons (Fsp3) is 0.308. The summed E-state index contributed by atoms with van der Waals surface area (Å²) in [6.07, 6.45) is 0. The molecule has 1 aromatic heterocycles. The summed E-state index contributed by atoms with van der Waals surface area (Å²) in [5, 5.41) is 1.17. The fourth-order valence-corrected chi connectivity index (χ4v) is 1.89. The lowest BCUT2D eigenvalue weighted by molar-refractivity contribution is 0.983. The van der Waals surface area contributed by atoms with E-state index in [1.165, 1.54) is 5.39 Å². The molecule has 0 amide bonds. The van der Waals surface area contributed by atoms with E-state index < -0.39 is 0 Å². The second-order valence-corrected chi connectivity index (χ2v) is 4.20. The lowest BCUT2D eigenvalue weighted by Crippen LogP contribution is -2.10. The minimum Gasteiger partial charge on any atom is -0.376 e. The highest BCUT2D eigenvalue weighted by Crippen LogP contribution is 2.25. The molecule has 1 heterocycles. The number of benzene rings is 1. The Morgan fingerprint density at radius 1 is 1.31 bits per heavy atom. The average Bonchev–Trinajstić information content (AvgIpc) is 2.26. The number of aryl methyl sites for hydroxylation is 1. The third-order valence-electron chi connectivity index (χ3n) is 2.80. The van der Waals surface area contributed by atoms with Crippen LogP contribution >= 0.6 is 0 Å². The van der Waals surface area contributed by atoms with Gasteiger partial charge >= 0.3 is 0 Å². The van der Waals surface area contributed by atoms with Gasteiger partial charge in [0.2, 0.25) is 0 Å². The summed E-state index contributed by atoms with van der Waals surface area (Å²) in [7, 11) is 4.05. The molecular weight excluding hydrogens is 198 g/mol. The Hall–Kier alpha value is -1.61. The maximum atomic E-state index is 5.69. The van der Waals surface area contributed by atoms with E-state index in [2.05, 4.69) is 41.1 Å². The first-order chi connectivity index (χ1) is 7.63. The second kappa shape index (κ2) is 4.10. The molecule has 0 aliphatic heterocycles. The summed E-state index contributed by atoms with van der Waals surface area (Å²) in [5.74, 6) is 0. The van der Waals surface area contributed by atoms with Crippen LogP contribution in [0.15, 0.2) is 24.3 Å². The summed E-state index contributed by atoms with van der Waals surface area (Å²) < 4.78 is 0. The van der Waals surface area contributed by atoms with Gasteiger partial charge in [-0.15, -0.1) is 0 Å². The van der Waals surface area contributed by atoms with Gasteiger partial charge in [0.25, 0.3) is 0 Å². The molecule has 0 saturated carbocycles. The highest BCUT2D eigenvalue weighted by Gasteiger charge is 2.07. The molecule has 0 bridgehead atoms. The van der Waals surface area contributed by atoms with E-state index >= 15 is 0 Å². The summed E-state index contributed by atoms with van der Waals surface area (Å²) in [6, 6.07) is 8.37. The zero-order valence-electron chi connectivity index (χ0n) is 9.99. The standard InChI is InChI=1S/C13H17N3/c1-9-7-10-5-4-6-12(16(2)3)13(10)15-11(9)8-14/h4-7H,8,14H2,1-3H3. The van der Waals surface area contributed by atoms with Gasteiger partial charge in [-0.2, -0.15) is 0 Å². The van der Waals surface area contributed by atoms with Crippen molar-refractivity contribution < 1.29 is 0 Å². The SMILES string of the molecule is Cc1cc2cccc(N(C)C)c2nc1CN. The van der Waals surface area contributed by atoms with E-state index in [0.717, 1.165) is 22.5 Å². The van der Waals surface area contributed by atoms with Gasteiger partial charge < -0.3 is 10.6 Å². The minimum atomic E-state index is 0.490. The van der Waals surface area contributed by atoms with E-state index in [9.17, 15) is 0 Å². The molecule has 0 unspecified atom stereocenters. The van der Waals surface area contributed by atoms with Crippen molar-refractivity contribution >= 4 is 16.6 Å². The van der Waals surface area contributed by atoms with Crippen molar-refractivity contribution in [3.63, 3.8) is 0 Å². The van der Waals surface area contributed by atoms with Gasteiger partial charge in [-0.3, -0.25) is 0 Å². The lowest BCUT2D eigenvalue weighted by Gasteiger charge is -2.15. The summed E-state index contributed by atoms with van der Waals surface area (Å²) in [6.45, 7) is 2.54. The number of nitrogens with zero attached hydrogens (tertiary/aromatic N) is 2. The number of rotatable bonds is 2. The van der Waals surface area contributed by atoms with Crippen LogP contribution in [0.5, 0.6) is 0 Å². The summed E-state index contributed by atoms with van der Waals surface area (Å²) in [4.78, 5) is 6.72. The van der Waals surface area contributed by atoms with Crippen LogP contribution in [0.1, 0.15) is 11.3 Å². The zero-order chi connectivity index (χ0) is 11.7. The van der Waals surface area contributed by atoms with Gasteiger partial charge in [-0.05, 0) is 24.6 Å². The molecule has 0 saturated heterocycles. The van der Waals surface area contributed by atoms with E-state index in [1.807, 2.05) is 14.1 Å². The normalized spacial score (nSPS) is 10.8. The largest absolute Gasteiger partial charge is 0.376 e. The molecule has 2 N–H and O–H groups in total. The van der Waals surface area contributed by atoms with Crippen molar-refractivity contribution in [1.29, 1.82) is 0 Å². The molecule has 1 aromatic carbocycles. The van der Waals surface area contributed by atoms with Crippen LogP contribution in [0, 0.1) is 6.92 Å². The topological polar surface area (TPSA) is 42.2 Å². The molecule has 0 radical (unpaired) electrons. The molecule has 0 aliphatic carbocycles. The maximum Gasteiger partial charge on any atom is 0.0939 e. The van der Waals surface area contributed by atoms with Crippen molar-refractivity contribution in [2.45, 2.75) is 13.5 Å². The van der Waals surface area contributed by atoms with Crippen LogP contribution in [0.4, 0.5) is 5.69 Å². The Morgan fingerprint density at radius 3 is 2.69 bits per heavy atom. The molecule has 0 spiro atoms. The minimum absolute atomic E-state index is 0.490. The first kappa shape index (κ1) is 10.9. The van der Waals surface area contributed by atoms with Crippen molar-refractivity contribution in [2.24, 2.45) is 5.73 Å². The highest BCUT2D eigenvalue weighted by atomic mass is 15.1. The van der Waals surface area contributed by atoms with Crippen LogP contribution in [0.3, 0.4) is 0 Å². The molecule has 84 valence electrons. The third kappa shape index (κ3) is 1.74. The number of pyridine rings is 1. The van der Waals surface area contributed by atoms with Crippen LogP contribution < -0.4 is 10.6 Å². The molecule has 2 aromatic rings. The van der Waals surface area contributed by atoms with Crippen LogP contribution in [0.2, 0.25) is 0 Å². The van der Waals surface area contributed by atoms with Crippen molar-refractivity contribution in [2.75, 3.05) is 19.0 Å². The van der Waals surface area contributed by atoms with Crippen LogP contribution in [0.25, 0.3) is 10.9 Å².